The fourth-order valence-corrected chi connectivity index (χ4v) is 4.22. The summed E-state index contributed by atoms with van der Waals surface area (Å²) < 4.78 is 18.5. The molecule has 0 unspecified atom stereocenters. The lowest BCUT2D eigenvalue weighted by Gasteiger charge is -2.18. The van der Waals surface area contributed by atoms with Gasteiger partial charge in [0.25, 0.3) is 0 Å². The number of hydrogen-bond acceptors (Lipinski definition) is 11. The molecule has 58 heavy (non-hydrogen) atoms. The zero-order valence-corrected chi connectivity index (χ0v) is 44.5. The van der Waals surface area contributed by atoms with E-state index in [0.29, 0.717) is 24.0 Å². The van der Waals surface area contributed by atoms with Crippen LogP contribution in [0.5, 0.6) is 0 Å². The number of ether oxygens (including phenoxy) is 4. The fourth-order valence-electron chi connectivity index (χ4n) is 2.74. The highest BCUT2D eigenvalue weighted by atomic mass is 32.2. The summed E-state index contributed by atoms with van der Waals surface area (Å²) in [5.41, 5.74) is -0.419. The summed E-state index contributed by atoms with van der Waals surface area (Å²) in [4.78, 5) is 53.8. The van der Waals surface area contributed by atoms with Crippen LogP contribution < -0.4 is 16.0 Å². The van der Waals surface area contributed by atoms with E-state index in [9.17, 15) is 24.0 Å². The lowest BCUT2D eigenvalue weighted by molar-refractivity contribution is -0.149. The van der Waals surface area contributed by atoms with Gasteiger partial charge >= 0.3 is 12.1 Å². The Morgan fingerprint density at radius 1 is 0.534 bits per heavy atom. The summed E-state index contributed by atoms with van der Waals surface area (Å²) in [6.45, 7) is 43.4. The summed E-state index contributed by atoms with van der Waals surface area (Å²) in [6, 6.07) is 0. The maximum absolute atomic E-state index is 11.2. The van der Waals surface area contributed by atoms with Crippen molar-refractivity contribution in [2.45, 2.75) is 151 Å². The zero-order chi connectivity index (χ0) is 48.6. The molecule has 0 saturated carbocycles. The summed E-state index contributed by atoms with van der Waals surface area (Å²) in [7, 11) is 7.73. The van der Waals surface area contributed by atoms with Crippen LogP contribution in [0.2, 0.25) is 0 Å². The van der Waals surface area contributed by atoms with Crippen molar-refractivity contribution in [3.63, 3.8) is 0 Å². The lowest BCUT2D eigenvalue weighted by Crippen LogP contribution is -2.40. The molecule has 12 nitrogen and oxygen atoms in total. The van der Waals surface area contributed by atoms with E-state index in [1.165, 1.54) is 31.7 Å². The molecule has 3 N–H and O–H groups in total. The number of amides is 3. The second kappa shape index (κ2) is 34.7. The van der Waals surface area contributed by atoms with Gasteiger partial charge in [-0.1, -0.05) is 116 Å². The number of nitrogens with one attached hydrogen (secondary N) is 3. The lowest BCUT2D eigenvalue weighted by atomic mass is 9.96. The molecule has 0 saturated heterocycles. The minimum atomic E-state index is -0.387. The third-order valence-electron chi connectivity index (χ3n) is 5.59. The molecule has 0 aliphatic carbocycles. The maximum Gasteiger partial charge on any atom is 0.407 e. The molecular weight excluding hydrogens is 779 g/mol. The van der Waals surface area contributed by atoms with E-state index in [1.807, 2.05) is 122 Å². The number of methoxy groups -OCH3 is 4. The van der Waals surface area contributed by atoms with Gasteiger partial charge in [0.2, 0.25) is 11.8 Å². The SMILES string of the molecule is CNC(=O)C(C)(C)C.COC(=O)C(C)(C)C.COC(=O)NC(C)(C)C.COCC(C)(C)C.COCCNC(=O)C(C)(C)C.CSC(=O)C(C)(C)C.CSCC(C)(C)C. The van der Waals surface area contributed by atoms with Gasteiger partial charge in [-0.3, -0.25) is 19.2 Å². The van der Waals surface area contributed by atoms with E-state index >= 15 is 0 Å². The van der Waals surface area contributed by atoms with Crippen LogP contribution in [-0.4, -0.2) is 108 Å². The van der Waals surface area contributed by atoms with Crippen LogP contribution in [-0.2, 0) is 38.1 Å². The molecule has 0 aromatic heterocycles. The first-order chi connectivity index (χ1) is 25.5. The highest BCUT2D eigenvalue weighted by molar-refractivity contribution is 8.13. The smallest absolute Gasteiger partial charge is 0.407 e. The zero-order valence-electron chi connectivity index (χ0n) is 42.8. The van der Waals surface area contributed by atoms with Crippen LogP contribution in [0.25, 0.3) is 0 Å². The highest BCUT2D eigenvalue weighted by Gasteiger charge is 2.22. The summed E-state index contributed by atoms with van der Waals surface area (Å²) in [5, 5.41) is 8.18. The van der Waals surface area contributed by atoms with Crippen molar-refractivity contribution >= 4 is 52.5 Å². The van der Waals surface area contributed by atoms with Crippen LogP contribution >= 0.6 is 23.5 Å². The summed E-state index contributed by atoms with van der Waals surface area (Å²) in [6.07, 6.45) is 3.57. The quantitative estimate of drug-likeness (QED) is 0.178. The van der Waals surface area contributed by atoms with Gasteiger partial charge in [0, 0.05) is 49.6 Å². The van der Waals surface area contributed by atoms with E-state index < -0.39 is 0 Å². The molecular formula is C44H95N3O9S2. The topological polar surface area (TPSA) is 158 Å². The van der Waals surface area contributed by atoms with E-state index in [2.05, 4.69) is 73.2 Å². The van der Waals surface area contributed by atoms with Gasteiger partial charge in [-0.15, -0.1) is 0 Å². The molecule has 352 valence electrons. The predicted octanol–water partition coefficient (Wildman–Crippen LogP) is 9.92. The van der Waals surface area contributed by atoms with Crippen LogP contribution in [0.15, 0.2) is 0 Å². The highest BCUT2D eigenvalue weighted by Crippen LogP contribution is 2.20. The van der Waals surface area contributed by atoms with E-state index in [1.54, 1.807) is 21.3 Å². The van der Waals surface area contributed by atoms with Crippen molar-refractivity contribution in [2.75, 3.05) is 73.5 Å². The Morgan fingerprint density at radius 2 is 0.948 bits per heavy atom. The molecule has 0 aromatic carbocycles. The molecule has 0 fully saturated rings. The molecule has 0 radical (unpaired) electrons. The summed E-state index contributed by atoms with van der Waals surface area (Å²) >= 11 is 3.20. The Labute approximate surface area is 367 Å². The van der Waals surface area contributed by atoms with Crippen molar-refractivity contribution in [3.05, 3.63) is 0 Å². The number of thioether (sulfide) groups is 2. The van der Waals surface area contributed by atoms with E-state index in [0.717, 1.165) is 6.61 Å². The van der Waals surface area contributed by atoms with Gasteiger partial charge < -0.3 is 34.9 Å². The van der Waals surface area contributed by atoms with E-state index in [-0.39, 0.29) is 56.2 Å². The molecule has 0 aliphatic rings. The van der Waals surface area contributed by atoms with Crippen LogP contribution in [0.3, 0.4) is 0 Å². The minimum Gasteiger partial charge on any atom is -0.469 e. The van der Waals surface area contributed by atoms with Gasteiger partial charge in [0.15, 0.2) is 5.12 Å². The fraction of sp³-hybridized carbons (Fsp3) is 0.886. The summed E-state index contributed by atoms with van der Waals surface area (Å²) in [5.74, 6) is 1.23. The second-order valence-electron chi connectivity index (χ2n) is 20.7. The molecule has 0 heterocycles. The third kappa shape index (κ3) is 65.8. The standard InChI is InChI=1S/C8H17NO2.C6H13NO2.C6H13NO.C6H12O2.C6H12OS.C6H14O.C6H14S/c1-8(2,3)7(10)9-5-6-11-4;1-6(2,3)7-5(8)9-4;1-6(2,3)5(8)7-4;2*1-6(2,3)5(7)8-4;2*1-6(2,3)5-7-4/h5-6H2,1-4H3,(H,9,10);1-4H3,(H,7,8);1-4H3,(H,7,8);2*1-4H3;2*5H2,1-4H3. The van der Waals surface area contributed by atoms with Crippen molar-refractivity contribution in [1.82, 2.24) is 16.0 Å². The first kappa shape index (κ1) is 70.5. The van der Waals surface area contributed by atoms with Crippen molar-refractivity contribution in [2.24, 2.45) is 32.5 Å². The normalized spacial score (nSPS) is 11.3. The molecule has 0 aromatic rings. The van der Waals surface area contributed by atoms with Crippen LogP contribution in [0.4, 0.5) is 4.79 Å². The van der Waals surface area contributed by atoms with Crippen LogP contribution in [0, 0.1) is 32.5 Å². The Kier molecular flexibility index (Phi) is 42.1. The number of rotatable bonds is 5. The van der Waals surface area contributed by atoms with Gasteiger partial charge in [-0.25, -0.2) is 4.79 Å². The number of hydrogen-bond donors (Lipinski definition) is 3. The molecule has 0 spiro atoms. The van der Waals surface area contributed by atoms with Gasteiger partial charge in [0.1, 0.15) is 0 Å². The van der Waals surface area contributed by atoms with E-state index in [4.69, 9.17) is 9.47 Å². The third-order valence-corrected chi connectivity index (χ3v) is 7.73. The molecule has 0 rings (SSSR count). The number of alkyl carbamates (subject to hydrolysis) is 1. The minimum absolute atomic E-state index is 0.0644. The monoisotopic (exact) mass is 874 g/mol. The Hall–Kier alpha value is -2.03. The molecule has 14 heteroatoms. The number of carbonyl (C=O) groups excluding carboxylic acids is 5. The Morgan fingerprint density at radius 3 is 1.03 bits per heavy atom. The number of carbonyl (C=O) groups is 5. The van der Waals surface area contributed by atoms with Gasteiger partial charge in [0.05, 0.1) is 32.8 Å². The largest absolute Gasteiger partial charge is 0.469 e. The van der Waals surface area contributed by atoms with Crippen molar-refractivity contribution in [1.29, 1.82) is 0 Å². The molecule has 0 atom stereocenters. The van der Waals surface area contributed by atoms with Crippen molar-refractivity contribution < 1.29 is 42.9 Å². The molecule has 0 bridgehead atoms. The maximum atomic E-state index is 11.2. The van der Waals surface area contributed by atoms with Gasteiger partial charge in [-0.2, -0.15) is 11.8 Å². The Balaban J connectivity index is -0.000000105. The average Bonchev–Trinajstić information content (AvgIpc) is 3.01. The first-order valence-corrected chi connectivity index (χ1v) is 22.1. The number of esters is 1. The first-order valence-electron chi connectivity index (χ1n) is 19.5. The van der Waals surface area contributed by atoms with Crippen molar-refractivity contribution in [3.8, 4) is 0 Å². The van der Waals surface area contributed by atoms with Crippen LogP contribution in [0.1, 0.15) is 145 Å². The molecule has 0 aliphatic heterocycles. The molecule has 3 amide bonds. The second-order valence-corrected chi connectivity index (χ2v) is 22.3. The average molecular weight is 874 g/mol. The Bertz CT molecular complexity index is 989. The predicted molar refractivity (Wildman–Crippen MR) is 252 cm³/mol. The van der Waals surface area contributed by atoms with Gasteiger partial charge in [-0.05, 0) is 70.6 Å².